The Kier molecular flexibility index (Phi) is 17.3. The first kappa shape index (κ1) is 22.8. The summed E-state index contributed by atoms with van der Waals surface area (Å²) in [5.41, 5.74) is 0. The number of rotatable bonds is 12. The van der Waals surface area contributed by atoms with Crippen LogP contribution in [0.3, 0.4) is 0 Å². The summed E-state index contributed by atoms with van der Waals surface area (Å²) in [7, 11) is -4.20. The molecule has 0 aromatic carbocycles. The molecule has 0 aliphatic rings. The Balaban J connectivity index is 0. The van der Waals surface area contributed by atoms with Crippen molar-refractivity contribution in [3.05, 3.63) is 0 Å². The molecular formula is C13H27KO4S. The fourth-order valence-electron chi connectivity index (χ4n) is 2.08. The van der Waals surface area contributed by atoms with Gasteiger partial charge in [-0.05, 0) is 19.3 Å². The molecule has 4 nitrogen and oxygen atoms in total. The van der Waals surface area contributed by atoms with Crippen LogP contribution in [0.25, 0.3) is 0 Å². The number of aliphatic hydroxyl groups excluding tert-OH is 1. The molecule has 110 valence electrons. The summed E-state index contributed by atoms with van der Waals surface area (Å²) in [6.45, 7) is 2.12. The van der Waals surface area contributed by atoms with E-state index in [2.05, 4.69) is 6.92 Å². The van der Waals surface area contributed by atoms with Crippen molar-refractivity contribution in [3.63, 3.8) is 0 Å². The quantitative estimate of drug-likeness (QED) is 0.308. The van der Waals surface area contributed by atoms with Crippen molar-refractivity contribution in [2.75, 3.05) is 6.61 Å². The average molecular weight is 319 g/mol. The van der Waals surface area contributed by atoms with Crippen LogP contribution in [0.5, 0.6) is 0 Å². The van der Waals surface area contributed by atoms with Gasteiger partial charge >= 0.3 is 51.4 Å². The molecule has 0 saturated carbocycles. The van der Waals surface area contributed by atoms with E-state index in [4.69, 9.17) is 5.11 Å². The molecule has 0 heterocycles. The first-order valence-electron chi connectivity index (χ1n) is 7.08. The van der Waals surface area contributed by atoms with Crippen LogP contribution in [0.1, 0.15) is 71.1 Å². The Morgan fingerprint density at radius 2 is 1.42 bits per heavy atom. The predicted octanol–water partition coefficient (Wildman–Crippen LogP) is -0.183. The van der Waals surface area contributed by atoms with E-state index in [0.717, 1.165) is 19.3 Å². The molecule has 0 aliphatic carbocycles. The van der Waals surface area contributed by atoms with E-state index in [-0.39, 0.29) is 64.4 Å². The Morgan fingerprint density at radius 3 is 1.89 bits per heavy atom. The minimum atomic E-state index is -4.20. The molecule has 0 saturated heterocycles. The monoisotopic (exact) mass is 318 g/mol. The van der Waals surface area contributed by atoms with Gasteiger partial charge in [-0.25, -0.2) is 8.42 Å². The smallest absolute Gasteiger partial charge is 0.748 e. The molecule has 0 bridgehead atoms. The Hall–Kier alpha value is 1.51. The molecule has 0 amide bonds. The van der Waals surface area contributed by atoms with Gasteiger partial charge in [0.15, 0.2) is 0 Å². The fourth-order valence-corrected chi connectivity index (χ4v) is 2.99. The van der Waals surface area contributed by atoms with Crippen LogP contribution in [-0.4, -0.2) is 29.9 Å². The zero-order valence-corrected chi connectivity index (χ0v) is 16.4. The molecule has 0 aliphatic heterocycles. The minimum absolute atomic E-state index is 0. The summed E-state index contributed by atoms with van der Waals surface area (Å²) < 4.78 is 33.0. The third kappa shape index (κ3) is 14.2. The van der Waals surface area contributed by atoms with E-state index in [1.807, 2.05) is 0 Å². The van der Waals surface area contributed by atoms with Gasteiger partial charge in [0.05, 0.1) is 10.1 Å². The van der Waals surface area contributed by atoms with Crippen LogP contribution in [0, 0.1) is 0 Å². The van der Waals surface area contributed by atoms with Crippen LogP contribution in [0.4, 0.5) is 0 Å². The maximum atomic E-state index is 11.0. The van der Waals surface area contributed by atoms with E-state index in [1.54, 1.807) is 0 Å². The summed E-state index contributed by atoms with van der Waals surface area (Å²) in [4.78, 5) is 0. The van der Waals surface area contributed by atoms with E-state index in [1.165, 1.54) is 25.7 Å². The van der Waals surface area contributed by atoms with Gasteiger partial charge in [-0.2, -0.15) is 0 Å². The van der Waals surface area contributed by atoms with Gasteiger partial charge in [0, 0.05) is 11.9 Å². The maximum absolute atomic E-state index is 11.0. The second kappa shape index (κ2) is 14.4. The van der Waals surface area contributed by atoms with Gasteiger partial charge in [-0.3, -0.25) is 0 Å². The molecule has 1 atom stereocenters. The minimum Gasteiger partial charge on any atom is -0.748 e. The molecule has 0 aromatic rings. The van der Waals surface area contributed by atoms with Crippen LogP contribution in [0.15, 0.2) is 0 Å². The molecule has 1 unspecified atom stereocenters. The molecule has 19 heavy (non-hydrogen) atoms. The van der Waals surface area contributed by atoms with Gasteiger partial charge in [-0.15, -0.1) is 0 Å². The van der Waals surface area contributed by atoms with E-state index < -0.39 is 15.4 Å². The normalized spacial score (nSPS) is 13.0. The van der Waals surface area contributed by atoms with E-state index >= 15 is 0 Å². The first-order valence-corrected chi connectivity index (χ1v) is 8.55. The largest absolute Gasteiger partial charge is 1.00 e. The second-order valence-corrected chi connectivity index (χ2v) is 6.54. The van der Waals surface area contributed by atoms with E-state index in [9.17, 15) is 13.0 Å². The van der Waals surface area contributed by atoms with Crippen molar-refractivity contribution in [1.82, 2.24) is 0 Å². The van der Waals surface area contributed by atoms with Crippen LogP contribution in [-0.2, 0) is 10.1 Å². The van der Waals surface area contributed by atoms with Gasteiger partial charge in [0.2, 0.25) is 0 Å². The molecule has 0 aromatic heterocycles. The summed E-state index contributed by atoms with van der Waals surface area (Å²) in [5, 5.41) is 7.87. The van der Waals surface area contributed by atoms with Gasteiger partial charge in [0.25, 0.3) is 0 Å². The predicted molar refractivity (Wildman–Crippen MR) is 72.4 cm³/mol. The van der Waals surface area contributed by atoms with Crippen molar-refractivity contribution in [2.24, 2.45) is 0 Å². The van der Waals surface area contributed by atoms with Gasteiger partial charge in [-0.1, -0.05) is 51.9 Å². The van der Waals surface area contributed by atoms with Gasteiger partial charge < -0.3 is 9.66 Å². The fraction of sp³-hybridized carbons (Fsp3) is 1.00. The number of unbranched alkanes of at least 4 members (excludes halogenated alkanes) is 6. The molecule has 6 heteroatoms. The third-order valence-corrected chi connectivity index (χ3v) is 4.51. The molecule has 1 N–H and O–H groups in total. The first-order chi connectivity index (χ1) is 8.52. The number of aliphatic hydroxyl groups is 1. The zero-order chi connectivity index (χ0) is 13.9. The SMILES string of the molecule is CCCCCCCCCC(CCCO)S(=O)(=O)[O-].[K+]. The Morgan fingerprint density at radius 1 is 0.947 bits per heavy atom. The zero-order valence-electron chi connectivity index (χ0n) is 12.4. The molecule has 0 spiro atoms. The Bertz CT molecular complexity index is 280. The van der Waals surface area contributed by atoms with Crippen molar-refractivity contribution in [3.8, 4) is 0 Å². The topological polar surface area (TPSA) is 77.4 Å². The third-order valence-electron chi connectivity index (χ3n) is 3.22. The summed E-state index contributed by atoms with van der Waals surface area (Å²) >= 11 is 0. The summed E-state index contributed by atoms with van der Waals surface area (Å²) in [5.74, 6) is 0. The van der Waals surface area contributed by atoms with Crippen molar-refractivity contribution < 1.29 is 69.5 Å². The van der Waals surface area contributed by atoms with Crippen LogP contribution >= 0.6 is 0 Å². The summed E-state index contributed by atoms with van der Waals surface area (Å²) in [6.07, 6.45) is 8.94. The van der Waals surface area contributed by atoms with Crippen molar-refractivity contribution in [2.45, 2.75) is 76.4 Å². The number of hydrogen-bond acceptors (Lipinski definition) is 4. The number of hydrogen-bond donors (Lipinski definition) is 1. The van der Waals surface area contributed by atoms with Crippen LogP contribution < -0.4 is 51.4 Å². The Labute approximate surface area is 160 Å². The average Bonchev–Trinajstić information content (AvgIpc) is 2.30. The molecule has 0 rings (SSSR count). The van der Waals surface area contributed by atoms with Crippen LogP contribution in [0.2, 0.25) is 0 Å². The maximum Gasteiger partial charge on any atom is 1.00 e. The molecule has 0 radical (unpaired) electrons. The van der Waals surface area contributed by atoms with Crippen molar-refractivity contribution >= 4 is 10.1 Å². The van der Waals surface area contributed by atoms with E-state index in [0.29, 0.717) is 12.8 Å². The summed E-state index contributed by atoms with van der Waals surface area (Å²) in [6, 6.07) is 0. The molecule has 0 fully saturated rings. The molecular weight excluding hydrogens is 291 g/mol. The second-order valence-electron chi connectivity index (χ2n) is 4.89. The van der Waals surface area contributed by atoms with Gasteiger partial charge in [0.1, 0.15) is 0 Å². The van der Waals surface area contributed by atoms with Crippen molar-refractivity contribution in [1.29, 1.82) is 0 Å². The standard InChI is InChI=1S/C13H28O4S.K/c1-2-3-4-5-6-7-8-10-13(11-9-12-14)18(15,16)17;/h13-14H,2-12H2,1H3,(H,15,16,17);/q;+1/p-1.